The van der Waals surface area contributed by atoms with Crippen LogP contribution in [0.1, 0.15) is 5.76 Å². The molecular weight excluding hydrogens is 482 g/mol. The van der Waals surface area contributed by atoms with Crippen LogP contribution in [0.5, 0.6) is 0 Å². The molecule has 1 saturated heterocycles. The molecule has 1 aliphatic rings. The van der Waals surface area contributed by atoms with Crippen molar-refractivity contribution in [3.8, 4) is 0 Å². The number of nitrogens with zero attached hydrogens (tertiary/aromatic N) is 1. The van der Waals surface area contributed by atoms with Gasteiger partial charge in [0, 0.05) is 16.0 Å². The van der Waals surface area contributed by atoms with Crippen molar-refractivity contribution in [3.05, 3.63) is 50.5 Å². The van der Waals surface area contributed by atoms with E-state index in [1.165, 1.54) is 11.8 Å². The van der Waals surface area contributed by atoms with Gasteiger partial charge in [0.1, 0.15) is 16.6 Å². The Hall–Kier alpha value is -1.26. The molecule has 0 atom stereocenters. The van der Waals surface area contributed by atoms with Gasteiger partial charge in [0.25, 0.3) is 5.91 Å². The van der Waals surface area contributed by atoms with Crippen molar-refractivity contribution < 1.29 is 19.1 Å². The average molecular weight is 491 g/mol. The molecule has 5 nitrogen and oxygen atoms in total. The van der Waals surface area contributed by atoms with Crippen LogP contribution < -0.4 is 0 Å². The Morgan fingerprint density at radius 2 is 2.12 bits per heavy atom. The second-order valence-electron chi connectivity index (χ2n) is 5.00. The van der Waals surface area contributed by atoms with Crippen LogP contribution in [0, 0.1) is 0 Å². The molecule has 3 rings (SSSR count). The predicted octanol–water partition coefficient (Wildman–Crippen LogP) is 5.13. The van der Waals surface area contributed by atoms with E-state index in [4.69, 9.17) is 33.3 Å². The Balaban J connectivity index is 1.79. The summed E-state index contributed by atoms with van der Waals surface area (Å²) in [7, 11) is 0. The molecule has 10 heteroatoms. The summed E-state index contributed by atoms with van der Waals surface area (Å²) in [5.74, 6) is -1.10. The van der Waals surface area contributed by atoms with Crippen LogP contribution in [0.3, 0.4) is 0 Å². The zero-order valence-corrected chi connectivity index (χ0v) is 17.6. The van der Waals surface area contributed by atoms with E-state index in [1.807, 2.05) is 12.1 Å². The minimum atomic E-state index is -1.12. The molecule has 1 amide bonds. The average Bonchev–Trinajstić information content (AvgIpc) is 3.04. The quantitative estimate of drug-likeness (QED) is 0.460. The Labute approximate surface area is 175 Å². The van der Waals surface area contributed by atoms with Crippen LogP contribution in [-0.2, 0) is 9.59 Å². The first-order valence-electron chi connectivity index (χ1n) is 7.03. The summed E-state index contributed by atoms with van der Waals surface area (Å²) in [6, 6.07) is 9.06. The van der Waals surface area contributed by atoms with E-state index in [0.29, 0.717) is 20.8 Å². The fraction of sp³-hybridized carbons (Fsp3) is 0.0625. The van der Waals surface area contributed by atoms with Crippen molar-refractivity contribution in [1.82, 2.24) is 4.90 Å². The van der Waals surface area contributed by atoms with Crippen molar-refractivity contribution in [3.63, 3.8) is 0 Å². The summed E-state index contributed by atoms with van der Waals surface area (Å²) in [5, 5.41) is 10.1. The van der Waals surface area contributed by atoms with E-state index >= 15 is 0 Å². The largest absolute Gasteiger partial charge is 0.480 e. The number of carbonyl (C=O) groups excluding carboxylic acids is 1. The van der Waals surface area contributed by atoms with E-state index in [1.54, 1.807) is 24.3 Å². The molecule has 1 aromatic heterocycles. The van der Waals surface area contributed by atoms with E-state index < -0.39 is 18.4 Å². The molecule has 2 aromatic rings. The maximum Gasteiger partial charge on any atom is 0.323 e. The van der Waals surface area contributed by atoms with Crippen LogP contribution in [0.2, 0.25) is 5.02 Å². The highest BCUT2D eigenvalue weighted by Gasteiger charge is 2.33. The van der Waals surface area contributed by atoms with E-state index in [2.05, 4.69) is 15.9 Å². The first-order chi connectivity index (χ1) is 12.3. The molecule has 1 fully saturated rings. The molecule has 0 radical (unpaired) electrons. The summed E-state index contributed by atoms with van der Waals surface area (Å²) >= 11 is 16.8. The molecule has 0 unspecified atom stereocenters. The second kappa shape index (κ2) is 8.18. The number of carboxylic acids is 1. The van der Waals surface area contributed by atoms with E-state index in [-0.39, 0.29) is 4.32 Å². The lowest BCUT2D eigenvalue weighted by molar-refractivity contribution is -0.140. The van der Waals surface area contributed by atoms with E-state index in [9.17, 15) is 9.59 Å². The predicted molar refractivity (Wildman–Crippen MR) is 109 cm³/mol. The Kier molecular flexibility index (Phi) is 6.13. The zero-order chi connectivity index (χ0) is 18.8. The summed E-state index contributed by atoms with van der Waals surface area (Å²) in [5.41, 5.74) is 0. The number of carbonyl (C=O) groups is 2. The van der Waals surface area contributed by atoms with Gasteiger partial charge in [0.2, 0.25) is 0 Å². The third-order valence-electron chi connectivity index (χ3n) is 3.14. The molecule has 134 valence electrons. The minimum Gasteiger partial charge on any atom is -0.480 e. The molecule has 1 aliphatic heterocycles. The topological polar surface area (TPSA) is 70.8 Å². The van der Waals surface area contributed by atoms with Crippen LogP contribution in [-0.4, -0.2) is 32.7 Å². The first-order valence-corrected chi connectivity index (χ1v) is 10.2. The normalized spacial score (nSPS) is 15.9. The molecule has 0 saturated carbocycles. The smallest absolute Gasteiger partial charge is 0.323 e. The number of aliphatic carboxylic acids is 1. The van der Waals surface area contributed by atoms with Crippen LogP contribution in [0.4, 0.5) is 0 Å². The fourth-order valence-corrected chi connectivity index (χ4v) is 4.71. The fourth-order valence-electron chi connectivity index (χ4n) is 2.02. The molecule has 0 aliphatic carbocycles. The highest BCUT2D eigenvalue weighted by atomic mass is 79.9. The number of rotatable bonds is 5. The summed E-state index contributed by atoms with van der Waals surface area (Å²) < 4.78 is 6.73. The zero-order valence-electron chi connectivity index (χ0n) is 12.8. The van der Waals surface area contributed by atoms with E-state index in [0.717, 1.165) is 26.0 Å². The molecule has 0 spiro atoms. The lowest BCUT2D eigenvalue weighted by Crippen LogP contribution is -2.33. The van der Waals surface area contributed by atoms with Crippen molar-refractivity contribution in [1.29, 1.82) is 0 Å². The second-order valence-corrected chi connectivity index (χ2v) is 9.01. The van der Waals surface area contributed by atoms with Gasteiger partial charge < -0.3 is 9.52 Å². The summed E-state index contributed by atoms with van der Waals surface area (Å²) in [4.78, 5) is 25.4. The number of benzene rings is 1. The van der Waals surface area contributed by atoms with Crippen molar-refractivity contribution in [2.75, 3.05) is 6.54 Å². The number of carboxylic acid groups (broad SMARTS) is 1. The van der Waals surface area contributed by atoms with Gasteiger partial charge in [-0.15, -0.1) is 0 Å². The van der Waals surface area contributed by atoms with Crippen LogP contribution >= 0.6 is 63.3 Å². The molecule has 0 bridgehead atoms. The number of hydrogen-bond acceptors (Lipinski definition) is 6. The highest BCUT2D eigenvalue weighted by molar-refractivity contribution is 9.10. The number of furan rings is 1. The standard InChI is InChI=1S/C16H9BrClNO4S3/c17-11-5-9(23-15(11)25-10-3-1-8(18)2-4-10)6-12-14(22)19(7-13(20)21)16(24)26-12/h1-6H,7H2,(H,20,21)/b12-6+. The summed E-state index contributed by atoms with van der Waals surface area (Å²) in [6.45, 7) is -0.457. The SMILES string of the molecule is O=C(O)CN1C(=O)/C(=C\c2cc(Br)c(Sc3ccc(Cl)cc3)o2)SC1=S. The van der Waals surface area contributed by atoms with Gasteiger partial charge in [0.05, 0.1) is 9.38 Å². The lowest BCUT2D eigenvalue weighted by Gasteiger charge is -2.09. The van der Waals surface area contributed by atoms with Crippen LogP contribution in [0.15, 0.2) is 54.1 Å². The van der Waals surface area contributed by atoms with Gasteiger partial charge >= 0.3 is 5.97 Å². The molecule has 1 aromatic carbocycles. The van der Waals surface area contributed by atoms with Crippen molar-refractivity contribution in [2.24, 2.45) is 0 Å². The summed E-state index contributed by atoms with van der Waals surface area (Å²) in [6.07, 6.45) is 1.55. The Bertz CT molecular complexity index is 926. The number of thioether (sulfide) groups is 1. The molecule has 2 heterocycles. The third-order valence-corrected chi connectivity index (χ3v) is 6.62. The number of amides is 1. The van der Waals surface area contributed by atoms with Gasteiger partial charge in [-0.05, 0) is 46.3 Å². The molecule has 26 heavy (non-hydrogen) atoms. The first kappa shape index (κ1) is 19.5. The minimum absolute atomic E-state index is 0.213. The van der Waals surface area contributed by atoms with Gasteiger partial charge in [-0.2, -0.15) is 0 Å². The third kappa shape index (κ3) is 4.52. The molecule has 1 N–H and O–H groups in total. The van der Waals surface area contributed by atoms with Gasteiger partial charge in [-0.1, -0.05) is 47.3 Å². The maximum atomic E-state index is 12.3. The van der Waals surface area contributed by atoms with Crippen LogP contribution in [0.25, 0.3) is 6.08 Å². The van der Waals surface area contributed by atoms with Gasteiger partial charge in [-0.25, -0.2) is 0 Å². The number of thiocarbonyl (C=S) groups is 1. The number of hydrogen-bond donors (Lipinski definition) is 1. The van der Waals surface area contributed by atoms with Gasteiger partial charge in [-0.3, -0.25) is 14.5 Å². The molecular formula is C16H9BrClNO4S3. The number of halogens is 2. The Morgan fingerprint density at radius 1 is 1.42 bits per heavy atom. The maximum absolute atomic E-state index is 12.3. The highest BCUT2D eigenvalue weighted by Crippen LogP contribution is 2.38. The lowest BCUT2D eigenvalue weighted by atomic mass is 10.3. The van der Waals surface area contributed by atoms with Gasteiger partial charge in [0.15, 0.2) is 5.09 Å². The van der Waals surface area contributed by atoms with Crippen molar-refractivity contribution in [2.45, 2.75) is 9.99 Å². The monoisotopic (exact) mass is 489 g/mol. The van der Waals surface area contributed by atoms with Crippen molar-refractivity contribution >= 4 is 85.5 Å². The Morgan fingerprint density at radius 3 is 2.77 bits per heavy atom.